The smallest absolute Gasteiger partial charge is 0.320 e. The number of rotatable bonds is 2. The van der Waals surface area contributed by atoms with Gasteiger partial charge in [-0.05, 0) is 25.0 Å². The van der Waals surface area contributed by atoms with Crippen molar-refractivity contribution in [3.8, 4) is 0 Å². The Morgan fingerprint density at radius 3 is 2.44 bits per heavy atom. The van der Waals surface area contributed by atoms with Gasteiger partial charge >= 0.3 is 6.03 Å². The van der Waals surface area contributed by atoms with Crippen molar-refractivity contribution in [2.24, 2.45) is 0 Å². The molecule has 3 heterocycles. The molecule has 7 heteroatoms. The second-order valence-corrected chi connectivity index (χ2v) is 7.01. The summed E-state index contributed by atoms with van der Waals surface area (Å²) in [5.41, 5.74) is 1.25. The van der Waals surface area contributed by atoms with Gasteiger partial charge in [-0.3, -0.25) is 4.79 Å². The first-order valence-electron chi connectivity index (χ1n) is 9.49. The lowest BCUT2D eigenvalue weighted by atomic mass is 10.0. The predicted octanol–water partition coefficient (Wildman–Crippen LogP) is 1.88. The van der Waals surface area contributed by atoms with Crippen LogP contribution in [0.1, 0.15) is 23.3 Å². The second kappa shape index (κ2) is 7.92. The fourth-order valence-corrected chi connectivity index (χ4v) is 3.62. The zero-order valence-corrected chi connectivity index (χ0v) is 15.3. The third-order valence-electron chi connectivity index (χ3n) is 5.21. The minimum atomic E-state index is -0.154. The molecule has 1 aromatic heterocycles. The molecule has 27 heavy (non-hydrogen) atoms. The first kappa shape index (κ1) is 17.7. The Morgan fingerprint density at radius 1 is 0.963 bits per heavy atom. The Bertz CT molecular complexity index is 827. The molecule has 0 bridgehead atoms. The average Bonchev–Trinajstić information content (AvgIpc) is 2.74. The second-order valence-electron chi connectivity index (χ2n) is 7.01. The first-order chi connectivity index (χ1) is 13.2. The third-order valence-corrected chi connectivity index (χ3v) is 5.21. The molecule has 7 nitrogen and oxygen atoms in total. The number of nitrogens with zero attached hydrogens (tertiary/aromatic N) is 3. The van der Waals surface area contributed by atoms with Crippen molar-refractivity contribution in [3.05, 3.63) is 42.1 Å². The fraction of sp³-hybridized carbons (Fsp3) is 0.450. The van der Waals surface area contributed by atoms with E-state index in [0.717, 1.165) is 23.7 Å². The van der Waals surface area contributed by atoms with Crippen LogP contribution >= 0.6 is 0 Å². The monoisotopic (exact) mass is 368 g/mol. The highest BCUT2D eigenvalue weighted by molar-refractivity contribution is 5.95. The predicted molar refractivity (Wildman–Crippen MR) is 102 cm³/mol. The SMILES string of the molecule is O=C(NC1CCN(C(=O)N2CCOCC2)CC1)c1ccc2ccccc2n1. The molecule has 0 unspecified atom stereocenters. The Kier molecular flexibility index (Phi) is 5.20. The van der Waals surface area contributed by atoms with Crippen LogP contribution in [-0.2, 0) is 4.74 Å². The van der Waals surface area contributed by atoms with Crippen LogP contribution in [0.15, 0.2) is 36.4 Å². The molecule has 142 valence electrons. The molecule has 4 rings (SSSR count). The fourth-order valence-electron chi connectivity index (χ4n) is 3.62. The average molecular weight is 368 g/mol. The van der Waals surface area contributed by atoms with Gasteiger partial charge in [-0.15, -0.1) is 0 Å². The van der Waals surface area contributed by atoms with Gasteiger partial charge in [0.2, 0.25) is 0 Å². The van der Waals surface area contributed by atoms with E-state index in [2.05, 4.69) is 10.3 Å². The molecular formula is C20H24N4O3. The van der Waals surface area contributed by atoms with E-state index in [0.29, 0.717) is 45.1 Å². The van der Waals surface area contributed by atoms with Crippen molar-refractivity contribution in [3.63, 3.8) is 0 Å². The zero-order chi connectivity index (χ0) is 18.6. The molecule has 1 aromatic carbocycles. The van der Waals surface area contributed by atoms with Gasteiger partial charge in [0.05, 0.1) is 18.7 Å². The number of hydrogen-bond donors (Lipinski definition) is 1. The van der Waals surface area contributed by atoms with Crippen LogP contribution in [0.25, 0.3) is 10.9 Å². The number of hydrogen-bond acceptors (Lipinski definition) is 4. The van der Waals surface area contributed by atoms with Crippen molar-refractivity contribution in [1.29, 1.82) is 0 Å². The summed E-state index contributed by atoms with van der Waals surface area (Å²) in [7, 11) is 0. The van der Waals surface area contributed by atoms with Crippen molar-refractivity contribution >= 4 is 22.8 Å². The van der Waals surface area contributed by atoms with E-state index in [1.807, 2.05) is 40.1 Å². The topological polar surface area (TPSA) is 74.8 Å². The number of morpholine rings is 1. The van der Waals surface area contributed by atoms with Crippen LogP contribution in [0.3, 0.4) is 0 Å². The van der Waals surface area contributed by atoms with Crippen LogP contribution in [0.5, 0.6) is 0 Å². The molecule has 2 fully saturated rings. The van der Waals surface area contributed by atoms with E-state index in [-0.39, 0.29) is 18.0 Å². The highest BCUT2D eigenvalue weighted by Gasteiger charge is 2.28. The number of fused-ring (bicyclic) bond motifs is 1. The van der Waals surface area contributed by atoms with Gasteiger partial charge in [0.1, 0.15) is 5.69 Å². The zero-order valence-electron chi connectivity index (χ0n) is 15.3. The molecule has 0 aliphatic carbocycles. The number of urea groups is 1. The van der Waals surface area contributed by atoms with Crippen molar-refractivity contribution in [2.45, 2.75) is 18.9 Å². The molecule has 0 spiro atoms. The van der Waals surface area contributed by atoms with E-state index in [9.17, 15) is 9.59 Å². The summed E-state index contributed by atoms with van der Waals surface area (Å²) in [6.45, 7) is 3.85. The van der Waals surface area contributed by atoms with E-state index < -0.39 is 0 Å². The Hall–Kier alpha value is -2.67. The lowest BCUT2D eigenvalue weighted by Crippen LogP contribution is -2.52. The van der Waals surface area contributed by atoms with E-state index >= 15 is 0 Å². The molecule has 1 N–H and O–H groups in total. The molecular weight excluding hydrogens is 344 g/mol. The van der Waals surface area contributed by atoms with E-state index in [1.54, 1.807) is 6.07 Å². The van der Waals surface area contributed by atoms with Gasteiger partial charge in [-0.2, -0.15) is 0 Å². The summed E-state index contributed by atoms with van der Waals surface area (Å²) in [5.74, 6) is -0.154. The molecule has 2 aromatic rings. The van der Waals surface area contributed by atoms with Gasteiger partial charge < -0.3 is 19.9 Å². The number of carbonyl (C=O) groups is 2. The minimum absolute atomic E-state index is 0.0690. The molecule has 2 aliphatic heterocycles. The quantitative estimate of drug-likeness (QED) is 0.878. The summed E-state index contributed by atoms with van der Waals surface area (Å²) < 4.78 is 5.30. The molecule has 2 saturated heterocycles. The molecule has 0 radical (unpaired) electrons. The normalized spacial score (nSPS) is 18.5. The number of aromatic nitrogens is 1. The molecule has 0 saturated carbocycles. The molecule has 0 atom stereocenters. The number of carbonyl (C=O) groups excluding carboxylic acids is 2. The Labute approximate surface area is 158 Å². The number of para-hydroxylation sites is 1. The number of nitrogens with one attached hydrogen (secondary N) is 1. The maximum absolute atomic E-state index is 12.5. The third kappa shape index (κ3) is 4.03. The molecule has 3 amide bonds. The van der Waals surface area contributed by atoms with E-state index in [4.69, 9.17) is 4.74 Å². The number of amides is 3. The number of ether oxygens (including phenoxy) is 1. The van der Waals surface area contributed by atoms with Crippen molar-refractivity contribution in [1.82, 2.24) is 20.1 Å². The number of pyridine rings is 1. The summed E-state index contributed by atoms with van der Waals surface area (Å²) in [5, 5.41) is 4.08. The van der Waals surface area contributed by atoms with Crippen molar-refractivity contribution in [2.75, 3.05) is 39.4 Å². The van der Waals surface area contributed by atoms with Crippen LogP contribution in [0, 0.1) is 0 Å². The van der Waals surface area contributed by atoms with Gasteiger partial charge in [0.15, 0.2) is 0 Å². The number of piperidine rings is 1. The highest BCUT2D eigenvalue weighted by atomic mass is 16.5. The standard InChI is InChI=1S/C20H24N4O3/c25-19(18-6-5-15-3-1-2-4-17(15)22-18)21-16-7-9-23(10-8-16)20(26)24-11-13-27-14-12-24/h1-6,16H,7-14H2,(H,21,25). The number of benzene rings is 1. The summed E-state index contributed by atoms with van der Waals surface area (Å²) >= 11 is 0. The molecule has 2 aliphatic rings. The Morgan fingerprint density at radius 2 is 1.67 bits per heavy atom. The summed E-state index contributed by atoms with van der Waals surface area (Å²) in [6.07, 6.45) is 1.52. The van der Waals surface area contributed by atoms with Crippen LogP contribution < -0.4 is 5.32 Å². The lowest BCUT2D eigenvalue weighted by Gasteiger charge is -2.37. The van der Waals surface area contributed by atoms with Gasteiger partial charge in [0.25, 0.3) is 5.91 Å². The maximum Gasteiger partial charge on any atom is 0.320 e. The maximum atomic E-state index is 12.5. The van der Waals surface area contributed by atoms with Gasteiger partial charge in [-0.25, -0.2) is 9.78 Å². The van der Waals surface area contributed by atoms with Crippen LogP contribution in [0.2, 0.25) is 0 Å². The summed E-state index contributed by atoms with van der Waals surface area (Å²) in [6, 6.07) is 11.6. The van der Waals surface area contributed by atoms with Gasteiger partial charge in [-0.1, -0.05) is 24.3 Å². The van der Waals surface area contributed by atoms with E-state index in [1.165, 1.54) is 0 Å². The van der Waals surface area contributed by atoms with Gasteiger partial charge in [0, 0.05) is 37.6 Å². The first-order valence-corrected chi connectivity index (χ1v) is 9.49. The van der Waals surface area contributed by atoms with Crippen LogP contribution in [-0.4, -0.2) is 72.2 Å². The number of likely N-dealkylation sites (tertiary alicyclic amines) is 1. The van der Waals surface area contributed by atoms with Crippen LogP contribution in [0.4, 0.5) is 4.79 Å². The Balaban J connectivity index is 1.31. The van der Waals surface area contributed by atoms with Crippen molar-refractivity contribution < 1.29 is 14.3 Å². The summed E-state index contributed by atoms with van der Waals surface area (Å²) in [4.78, 5) is 33.2. The minimum Gasteiger partial charge on any atom is -0.378 e. The largest absolute Gasteiger partial charge is 0.378 e. The highest BCUT2D eigenvalue weighted by Crippen LogP contribution is 2.15. The lowest BCUT2D eigenvalue weighted by molar-refractivity contribution is 0.0407.